The first-order valence-corrected chi connectivity index (χ1v) is 7.91. The van der Waals surface area contributed by atoms with Crippen LogP contribution in [-0.2, 0) is 6.54 Å². The number of unbranched alkanes of at least 4 members (excludes halogenated alkanes) is 1. The fraction of sp³-hybridized carbons (Fsp3) is 0.263. The number of hydrogen-bond donors (Lipinski definition) is 1. The third-order valence-corrected chi connectivity index (χ3v) is 3.63. The van der Waals surface area contributed by atoms with Crippen molar-refractivity contribution in [2.45, 2.75) is 26.3 Å². The van der Waals surface area contributed by atoms with E-state index in [2.05, 4.69) is 11.6 Å². The number of rotatable bonds is 6. The molecular formula is C19H22N2O3. The molecule has 0 spiro atoms. The molecule has 126 valence electrons. The van der Waals surface area contributed by atoms with Crippen molar-refractivity contribution >= 4 is 12.2 Å². The lowest BCUT2D eigenvalue weighted by atomic mass is 10.2. The highest BCUT2D eigenvalue weighted by Gasteiger charge is 2.05. The quantitative estimate of drug-likeness (QED) is 0.810. The van der Waals surface area contributed by atoms with Crippen molar-refractivity contribution in [1.29, 1.82) is 0 Å². The van der Waals surface area contributed by atoms with E-state index in [1.165, 1.54) is 4.57 Å². The Morgan fingerprint density at radius 1 is 1.29 bits per heavy atom. The van der Waals surface area contributed by atoms with Crippen LogP contribution in [0, 0.1) is 0 Å². The van der Waals surface area contributed by atoms with Gasteiger partial charge in [-0.1, -0.05) is 43.7 Å². The third kappa shape index (κ3) is 3.74. The number of benzene rings is 1. The summed E-state index contributed by atoms with van der Waals surface area (Å²) < 4.78 is 6.74. The topological polar surface area (TPSA) is 64.1 Å². The van der Waals surface area contributed by atoms with E-state index >= 15 is 0 Å². The van der Waals surface area contributed by atoms with Gasteiger partial charge in [0.15, 0.2) is 0 Å². The molecule has 0 aliphatic rings. The molecule has 0 radical (unpaired) electrons. The van der Waals surface area contributed by atoms with Crippen molar-refractivity contribution < 1.29 is 4.74 Å². The maximum absolute atomic E-state index is 12.6. The highest BCUT2D eigenvalue weighted by atomic mass is 16.5. The zero-order chi connectivity index (χ0) is 17.5. The monoisotopic (exact) mass is 326 g/mol. The lowest BCUT2D eigenvalue weighted by Crippen LogP contribution is -2.53. The number of methoxy groups -OCH3 is 1. The van der Waals surface area contributed by atoms with Crippen LogP contribution in [0.5, 0.6) is 5.75 Å². The van der Waals surface area contributed by atoms with Crippen LogP contribution >= 0.6 is 0 Å². The number of allylic oxidation sites excluding steroid dienone is 1. The fourth-order valence-electron chi connectivity index (χ4n) is 2.43. The summed E-state index contributed by atoms with van der Waals surface area (Å²) in [6.45, 7) is 5.95. The number of aromatic amines is 1. The van der Waals surface area contributed by atoms with Gasteiger partial charge in [-0.05, 0) is 18.6 Å². The van der Waals surface area contributed by atoms with Gasteiger partial charge in [0.25, 0.3) is 11.1 Å². The van der Waals surface area contributed by atoms with Crippen LogP contribution in [0.25, 0.3) is 12.2 Å². The molecule has 0 amide bonds. The molecule has 1 N–H and O–H groups in total. The van der Waals surface area contributed by atoms with Gasteiger partial charge >= 0.3 is 0 Å². The van der Waals surface area contributed by atoms with Gasteiger partial charge in [0.05, 0.1) is 7.11 Å². The van der Waals surface area contributed by atoms with Crippen LogP contribution < -0.4 is 26.6 Å². The number of aromatic nitrogens is 2. The van der Waals surface area contributed by atoms with E-state index in [9.17, 15) is 9.59 Å². The second-order valence-electron chi connectivity index (χ2n) is 5.34. The number of hydrogen-bond acceptors (Lipinski definition) is 3. The number of ether oxygens (including phenoxy) is 1. The Kier molecular flexibility index (Phi) is 5.95. The number of para-hydroxylation sites is 1. The first kappa shape index (κ1) is 17.5. The first-order valence-electron chi connectivity index (χ1n) is 7.91. The van der Waals surface area contributed by atoms with E-state index in [4.69, 9.17) is 4.74 Å². The molecule has 5 heteroatoms. The molecule has 0 bridgehead atoms. The second kappa shape index (κ2) is 8.15. The highest BCUT2D eigenvalue weighted by Crippen LogP contribution is 2.17. The number of H-pyrrole nitrogens is 1. The van der Waals surface area contributed by atoms with Gasteiger partial charge in [-0.2, -0.15) is 0 Å². The average molecular weight is 326 g/mol. The van der Waals surface area contributed by atoms with Crippen LogP contribution in [0.2, 0.25) is 0 Å². The minimum Gasteiger partial charge on any atom is -0.496 e. The molecule has 5 nitrogen and oxygen atoms in total. The summed E-state index contributed by atoms with van der Waals surface area (Å²) in [4.78, 5) is 27.8. The predicted octanol–water partition coefficient (Wildman–Crippen LogP) is 1.14. The van der Waals surface area contributed by atoms with E-state index in [1.54, 1.807) is 31.4 Å². The van der Waals surface area contributed by atoms with E-state index in [1.807, 2.05) is 25.1 Å². The molecule has 2 rings (SSSR count). The molecule has 0 saturated carbocycles. The Labute approximate surface area is 140 Å². The van der Waals surface area contributed by atoms with Gasteiger partial charge in [-0.15, -0.1) is 6.58 Å². The second-order valence-corrected chi connectivity index (χ2v) is 5.34. The minimum atomic E-state index is -0.315. The largest absolute Gasteiger partial charge is 0.496 e. The van der Waals surface area contributed by atoms with Crippen molar-refractivity contribution in [1.82, 2.24) is 9.55 Å². The molecule has 0 aliphatic heterocycles. The Hall–Kier alpha value is -2.82. The molecule has 2 aromatic rings. The van der Waals surface area contributed by atoms with Gasteiger partial charge in [0, 0.05) is 12.1 Å². The molecule has 1 aromatic carbocycles. The van der Waals surface area contributed by atoms with Crippen LogP contribution in [-0.4, -0.2) is 16.7 Å². The fourth-order valence-corrected chi connectivity index (χ4v) is 2.43. The molecule has 0 saturated heterocycles. The minimum absolute atomic E-state index is 0.232. The molecule has 1 heterocycles. The maximum atomic E-state index is 12.6. The normalized spacial score (nSPS) is 12.4. The van der Waals surface area contributed by atoms with E-state index in [0.29, 0.717) is 11.1 Å². The van der Waals surface area contributed by atoms with Gasteiger partial charge < -0.3 is 9.72 Å². The third-order valence-electron chi connectivity index (χ3n) is 3.63. The Morgan fingerprint density at radius 3 is 2.71 bits per heavy atom. The molecular weight excluding hydrogens is 304 g/mol. The average Bonchev–Trinajstić information content (AvgIpc) is 2.60. The molecule has 0 fully saturated rings. The Balaban J connectivity index is 2.81. The Bertz CT molecular complexity index is 952. The van der Waals surface area contributed by atoms with Crippen LogP contribution in [0.1, 0.15) is 25.3 Å². The number of nitrogens with one attached hydrogen (secondary N) is 1. The van der Waals surface area contributed by atoms with Crippen LogP contribution in [0.3, 0.4) is 0 Å². The van der Waals surface area contributed by atoms with Crippen molar-refractivity contribution in [2.75, 3.05) is 7.11 Å². The predicted molar refractivity (Wildman–Crippen MR) is 96.7 cm³/mol. The van der Waals surface area contributed by atoms with Gasteiger partial charge in [-0.3, -0.25) is 14.2 Å². The number of nitrogens with zero attached hydrogens (tertiary/aromatic N) is 1. The molecule has 24 heavy (non-hydrogen) atoms. The zero-order valence-corrected chi connectivity index (χ0v) is 14.0. The summed E-state index contributed by atoms with van der Waals surface area (Å²) in [7, 11) is 1.57. The molecule has 1 aromatic heterocycles. The van der Waals surface area contributed by atoms with E-state index in [0.717, 1.165) is 18.4 Å². The van der Waals surface area contributed by atoms with Crippen molar-refractivity contribution in [2.24, 2.45) is 0 Å². The summed E-state index contributed by atoms with van der Waals surface area (Å²) in [5, 5.41) is 0.596. The smallest absolute Gasteiger partial charge is 0.274 e. The summed E-state index contributed by atoms with van der Waals surface area (Å²) in [5.74, 6) is 0.635. The summed E-state index contributed by atoms with van der Waals surface area (Å²) >= 11 is 0. The van der Waals surface area contributed by atoms with Crippen molar-refractivity contribution in [3.8, 4) is 5.75 Å². The maximum Gasteiger partial charge on any atom is 0.274 e. The lowest BCUT2D eigenvalue weighted by Gasteiger charge is -2.06. The SMILES string of the molecule is C=CCn1c(=O)/c(=C/CCC)[nH]c(=O)/c1=C/c1ccccc1OC. The first-order chi connectivity index (χ1) is 11.6. The van der Waals surface area contributed by atoms with E-state index < -0.39 is 0 Å². The molecule has 0 unspecified atom stereocenters. The van der Waals surface area contributed by atoms with Crippen LogP contribution in [0.15, 0.2) is 46.5 Å². The van der Waals surface area contributed by atoms with Gasteiger partial charge in [0.1, 0.15) is 16.4 Å². The summed E-state index contributed by atoms with van der Waals surface area (Å²) in [6.07, 6.45) is 6.65. The van der Waals surface area contributed by atoms with E-state index in [-0.39, 0.29) is 23.0 Å². The van der Waals surface area contributed by atoms with Gasteiger partial charge in [0.2, 0.25) is 0 Å². The van der Waals surface area contributed by atoms with Crippen molar-refractivity contribution in [3.63, 3.8) is 0 Å². The zero-order valence-electron chi connectivity index (χ0n) is 14.0. The van der Waals surface area contributed by atoms with Gasteiger partial charge in [-0.25, -0.2) is 0 Å². The molecule has 0 atom stereocenters. The Morgan fingerprint density at radius 2 is 2.04 bits per heavy atom. The standard InChI is InChI=1S/C19H22N2O3/c1-4-6-10-15-19(23)21(12-5-2)16(18(22)20-15)13-14-9-7-8-11-17(14)24-3/h5,7-11,13H,2,4,6,12H2,1,3H3,(H,20,22)/b15-10-,16-13-. The summed E-state index contributed by atoms with van der Waals surface area (Å²) in [6, 6.07) is 7.33. The summed E-state index contributed by atoms with van der Waals surface area (Å²) in [5.41, 5.74) is 0.182. The van der Waals surface area contributed by atoms with Crippen molar-refractivity contribution in [3.05, 3.63) is 73.9 Å². The van der Waals surface area contributed by atoms with Crippen LogP contribution in [0.4, 0.5) is 0 Å². The molecule has 0 aliphatic carbocycles. The lowest BCUT2D eigenvalue weighted by molar-refractivity contribution is 0.414. The highest BCUT2D eigenvalue weighted by molar-refractivity contribution is 5.56.